The predicted molar refractivity (Wildman–Crippen MR) is 128 cm³/mol. The van der Waals surface area contributed by atoms with Gasteiger partial charge in [-0.25, -0.2) is 4.98 Å². The number of anilines is 3. The Balaban J connectivity index is 1.49. The van der Waals surface area contributed by atoms with Gasteiger partial charge in [0.25, 0.3) is 5.91 Å². The maximum atomic E-state index is 13.5. The van der Waals surface area contributed by atoms with Crippen LogP contribution in [-0.4, -0.2) is 54.4 Å². The molecule has 2 aromatic rings. The molecule has 7 nitrogen and oxygen atoms in total. The topological polar surface area (TPSA) is 77.6 Å². The first-order valence-electron chi connectivity index (χ1n) is 11.4. The largest absolute Gasteiger partial charge is 0.319 e. The Labute approximate surface area is 194 Å². The van der Waals surface area contributed by atoms with Crippen molar-refractivity contribution in [3.8, 4) is 0 Å². The molecule has 32 heavy (non-hydrogen) atoms. The Morgan fingerprint density at radius 2 is 2.09 bits per heavy atom. The maximum absolute atomic E-state index is 13.5. The van der Waals surface area contributed by atoms with Crippen LogP contribution in [0.4, 0.5) is 17.2 Å². The number of carbonyl (C=O) groups is 2. The molecule has 0 radical (unpaired) electrons. The number of rotatable bonds is 7. The van der Waals surface area contributed by atoms with Crippen LogP contribution in [0.5, 0.6) is 0 Å². The molecule has 1 saturated heterocycles. The first kappa shape index (κ1) is 22.7. The smallest absolute Gasteiger partial charge is 0.257 e. The van der Waals surface area contributed by atoms with Gasteiger partial charge in [-0.15, -0.1) is 0 Å². The summed E-state index contributed by atoms with van der Waals surface area (Å²) in [6.45, 7) is 6.31. The molecule has 1 aromatic carbocycles. The molecule has 0 unspecified atom stereocenters. The summed E-state index contributed by atoms with van der Waals surface area (Å²) in [4.78, 5) is 34.5. The van der Waals surface area contributed by atoms with E-state index in [1.165, 1.54) is 17.7 Å². The van der Waals surface area contributed by atoms with Crippen LogP contribution < -0.4 is 15.5 Å². The lowest BCUT2D eigenvalue weighted by molar-refractivity contribution is -0.119. The third-order valence-electron chi connectivity index (χ3n) is 6.22. The minimum absolute atomic E-state index is 0.115. The van der Waals surface area contributed by atoms with Gasteiger partial charge in [-0.3, -0.25) is 19.4 Å². The van der Waals surface area contributed by atoms with E-state index in [4.69, 9.17) is 11.6 Å². The second-order valence-electron chi connectivity index (χ2n) is 8.43. The molecule has 0 spiro atoms. The maximum Gasteiger partial charge on any atom is 0.257 e. The van der Waals surface area contributed by atoms with Gasteiger partial charge in [0.2, 0.25) is 5.91 Å². The van der Waals surface area contributed by atoms with Gasteiger partial charge >= 0.3 is 0 Å². The van der Waals surface area contributed by atoms with Crippen molar-refractivity contribution in [2.24, 2.45) is 5.92 Å². The van der Waals surface area contributed by atoms with Crippen molar-refractivity contribution < 1.29 is 9.59 Å². The molecule has 0 saturated carbocycles. The standard InChI is InChI=1S/C24H30ClN5O2/c1-2-26-11-3-5-17-9-13-29(14-10-17)16-22(31)30-21-15-18(25)7-8-19(21)24(32)28-20-6-4-12-27-23(20)30/h4,6-8,12,15,17,26H,2-3,5,9-11,13-14,16H2,1H3,(H,28,32). The molecule has 0 atom stereocenters. The van der Waals surface area contributed by atoms with E-state index in [-0.39, 0.29) is 18.4 Å². The van der Waals surface area contributed by atoms with E-state index in [1.807, 2.05) is 0 Å². The lowest BCUT2D eigenvalue weighted by atomic mass is 9.92. The Hall–Kier alpha value is -2.48. The minimum atomic E-state index is -0.278. The van der Waals surface area contributed by atoms with Crippen LogP contribution in [0.25, 0.3) is 0 Å². The number of nitrogens with zero attached hydrogens (tertiary/aromatic N) is 3. The number of carbonyl (C=O) groups excluding carboxylic acids is 2. The third kappa shape index (κ3) is 5.11. The lowest BCUT2D eigenvalue weighted by Gasteiger charge is -2.33. The van der Waals surface area contributed by atoms with Crippen molar-refractivity contribution >= 4 is 40.6 Å². The molecule has 1 aromatic heterocycles. The Bertz CT molecular complexity index is 975. The van der Waals surface area contributed by atoms with Crippen molar-refractivity contribution in [3.05, 3.63) is 47.1 Å². The van der Waals surface area contributed by atoms with Gasteiger partial charge in [0.1, 0.15) is 0 Å². The Morgan fingerprint density at radius 3 is 2.88 bits per heavy atom. The van der Waals surface area contributed by atoms with Gasteiger partial charge in [0, 0.05) is 11.2 Å². The van der Waals surface area contributed by atoms with E-state index < -0.39 is 0 Å². The van der Waals surface area contributed by atoms with Crippen molar-refractivity contribution in [2.75, 3.05) is 42.9 Å². The van der Waals surface area contributed by atoms with Gasteiger partial charge < -0.3 is 10.6 Å². The number of aromatic nitrogens is 1. The van der Waals surface area contributed by atoms with Crippen molar-refractivity contribution in [2.45, 2.75) is 32.6 Å². The summed E-state index contributed by atoms with van der Waals surface area (Å²) in [7, 11) is 0. The lowest BCUT2D eigenvalue weighted by Crippen LogP contribution is -2.42. The highest BCUT2D eigenvalue weighted by molar-refractivity contribution is 6.31. The molecule has 2 aliphatic rings. The van der Waals surface area contributed by atoms with Crippen LogP contribution in [-0.2, 0) is 4.79 Å². The molecule has 170 valence electrons. The number of piperidine rings is 1. The van der Waals surface area contributed by atoms with Gasteiger partial charge in [-0.2, -0.15) is 0 Å². The van der Waals surface area contributed by atoms with Crippen LogP contribution in [0.3, 0.4) is 0 Å². The first-order valence-corrected chi connectivity index (χ1v) is 11.8. The summed E-state index contributed by atoms with van der Waals surface area (Å²) >= 11 is 6.24. The van der Waals surface area contributed by atoms with E-state index in [9.17, 15) is 9.59 Å². The van der Waals surface area contributed by atoms with Gasteiger partial charge in [-0.1, -0.05) is 18.5 Å². The summed E-state index contributed by atoms with van der Waals surface area (Å²) in [6.07, 6.45) is 6.28. The number of likely N-dealkylation sites (tertiary alicyclic amines) is 1. The molecular formula is C24H30ClN5O2. The van der Waals surface area contributed by atoms with Gasteiger partial charge in [0.15, 0.2) is 5.82 Å². The van der Waals surface area contributed by atoms with E-state index in [0.717, 1.165) is 44.9 Å². The molecule has 3 heterocycles. The fourth-order valence-corrected chi connectivity index (χ4v) is 4.66. The summed E-state index contributed by atoms with van der Waals surface area (Å²) in [5.41, 5.74) is 1.38. The second kappa shape index (κ2) is 10.4. The minimum Gasteiger partial charge on any atom is -0.319 e. The number of fused-ring (bicyclic) bond motifs is 2. The molecule has 2 amide bonds. The number of nitrogens with one attached hydrogen (secondary N) is 2. The summed E-state index contributed by atoms with van der Waals surface area (Å²) in [6, 6.07) is 8.47. The third-order valence-corrected chi connectivity index (χ3v) is 6.46. The fourth-order valence-electron chi connectivity index (χ4n) is 4.50. The van der Waals surface area contributed by atoms with Crippen LogP contribution in [0.15, 0.2) is 36.5 Å². The molecule has 0 bridgehead atoms. The Morgan fingerprint density at radius 1 is 1.28 bits per heavy atom. The monoisotopic (exact) mass is 455 g/mol. The van der Waals surface area contributed by atoms with E-state index in [1.54, 1.807) is 36.5 Å². The van der Waals surface area contributed by atoms with Gasteiger partial charge in [0.05, 0.1) is 23.5 Å². The molecule has 8 heteroatoms. The number of amides is 2. The highest BCUT2D eigenvalue weighted by atomic mass is 35.5. The van der Waals surface area contributed by atoms with Crippen molar-refractivity contribution in [1.82, 2.24) is 15.2 Å². The summed E-state index contributed by atoms with van der Waals surface area (Å²) in [5.74, 6) is 0.752. The fraction of sp³-hybridized carbons (Fsp3) is 0.458. The predicted octanol–water partition coefficient (Wildman–Crippen LogP) is 4.07. The summed E-state index contributed by atoms with van der Waals surface area (Å²) in [5, 5.41) is 6.71. The molecule has 2 aliphatic heterocycles. The van der Waals surface area contributed by atoms with E-state index in [2.05, 4.69) is 27.4 Å². The Kier molecular flexibility index (Phi) is 7.40. The van der Waals surface area contributed by atoms with Crippen LogP contribution >= 0.6 is 11.6 Å². The van der Waals surface area contributed by atoms with Crippen LogP contribution in [0, 0.1) is 5.92 Å². The molecule has 1 fully saturated rings. The average molecular weight is 456 g/mol. The quantitative estimate of drug-likeness (QED) is 0.615. The number of hydrogen-bond donors (Lipinski definition) is 2. The first-order chi connectivity index (χ1) is 15.6. The zero-order chi connectivity index (χ0) is 22.5. The summed E-state index contributed by atoms with van der Waals surface area (Å²) < 4.78 is 0. The highest BCUT2D eigenvalue weighted by Crippen LogP contribution is 2.37. The number of hydrogen-bond acceptors (Lipinski definition) is 5. The number of halogens is 1. The normalized spacial score (nSPS) is 16.8. The van der Waals surface area contributed by atoms with E-state index >= 15 is 0 Å². The van der Waals surface area contributed by atoms with Crippen LogP contribution in [0.1, 0.15) is 43.0 Å². The zero-order valence-corrected chi connectivity index (χ0v) is 19.2. The number of pyridine rings is 1. The van der Waals surface area contributed by atoms with Crippen LogP contribution in [0.2, 0.25) is 5.02 Å². The second-order valence-corrected chi connectivity index (χ2v) is 8.87. The van der Waals surface area contributed by atoms with Crippen molar-refractivity contribution in [3.63, 3.8) is 0 Å². The molecule has 0 aliphatic carbocycles. The highest BCUT2D eigenvalue weighted by Gasteiger charge is 2.32. The SMILES string of the molecule is CCNCCCC1CCN(CC(=O)N2c3cc(Cl)ccc3C(=O)Nc3cccnc32)CC1. The zero-order valence-electron chi connectivity index (χ0n) is 18.4. The molecular weight excluding hydrogens is 426 g/mol. The average Bonchev–Trinajstić information content (AvgIpc) is 2.91. The van der Waals surface area contributed by atoms with Crippen molar-refractivity contribution in [1.29, 1.82) is 0 Å². The number of benzene rings is 1. The molecule has 4 rings (SSSR count). The molecule has 2 N–H and O–H groups in total. The van der Waals surface area contributed by atoms with Gasteiger partial charge in [-0.05, 0) is 88.1 Å². The van der Waals surface area contributed by atoms with E-state index in [0.29, 0.717) is 27.8 Å².